The van der Waals surface area contributed by atoms with Crippen molar-refractivity contribution < 1.29 is 24.0 Å². The van der Waals surface area contributed by atoms with E-state index in [0.717, 1.165) is 5.56 Å². The lowest BCUT2D eigenvalue weighted by molar-refractivity contribution is -0.384. The van der Waals surface area contributed by atoms with Gasteiger partial charge in [0.1, 0.15) is 0 Å². The molecule has 2 aromatic carbocycles. The van der Waals surface area contributed by atoms with Gasteiger partial charge in [0, 0.05) is 29.9 Å². The van der Waals surface area contributed by atoms with E-state index in [1.807, 2.05) is 19.1 Å². The van der Waals surface area contributed by atoms with Crippen LogP contribution < -0.4 is 10.6 Å². The topological polar surface area (TPSA) is 128 Å². The molecule has 2 rings (SSSR count). The minimum absolute atomic E-state index is 0.0921. The molecule has 0 unspecified atom stereocenters. The van der Waals surface area contributed by atoms with Gasteiger partial charge in [-0.05, 0) is 31.2 Å². The highest BCUT2D eigenvalue weighted by molar-refractivity contribution is 5.94. The zero-order valence-electron chi connectivity index (χ0n) is 15.1. The van der Waals surface area contributed by atoms with Crippen molar-refractivity contribution in [2.45, 2.75) is 19.8 Å². The molecular weight excluding hydrogens is 366 g/mol. The third kappa shape index (κ3) is 6.87. The van der Waals surface area contributed by atoms with Crippen LogP contribution in [0.15, 0.2) is 48.5 Å². The van der Waals surface area contributed by atoms with Crippen molar-refractivity contribution in [3.63, 3.8) is 0 Å². The van der Waals surface area contributed by atoms with E-state index in [4.69, 9.17) is 4.74 Å². The molecule has 2 aromatic rings. The van der Waals surface area contributed by atoms with Gasteiger partial charge in [-0.25, -0.2) is 0 Å². The molecule has 146 valence electrons. The molecule has 0 aliphatic carbocycles. The Hall–Kier alpha value is -3.75. The van der Waals surface area contributed by atoms with Gasteiger partial charge in [0.25, 0.3) is 11.6 Å². The predicted octanol–water partition coefficient (Wildman–Crippen LogP) is 2.80. The van der Waals surface area contributed by atoms with Gasteiger partial charge < -0.3 is 15.4 Å². The first-order valence-electron chi connectivity index (χ1n) is 8.40. The van der Waals surface area contributed by atoms with E-state index in [1.165, 1.54) is 24.3 Å². The Balaban J connectivity index is 1.68. The predicted molar refractivity (Wildman–Crippen MR) is 102 cm³/mol. The number of esters is 1. The average molecular weight is 385 g/mol. The second-order valence-corrected chi connectivity index (χ2v) is 5.93. The minimum atomic E-state index is -0.682. The Morgan fingerprint density at radius 1 is 0.893 bits per heavy atom. The maximum Gasteiger partial charge on any atom is 0.306 e. The highest BCUT2D eigenvalue weighted by Gasteiger charge is 2.12. The van der Waals surface area contributed by atoms with Crippen LogP contribution in [0.3, 0.4) is 0 Å². The summed E-state index contributed by atoms with van der Waals surface area (Å²) in [6.45, 7) is 1.47. The SMILES string of the molecule is Cc1ccc(NC(=O)COC(=O)CCC(=O)Nc2ccc([N+](=O)[O-])cc2)cc1. The molecule has 0 saturated heterocycles. The lowest BCUT2D eigenvalue weighted by atomic mass is 10.2. The fourth-order valence-electron chi connectivity index (χ4n) is 2.16. The second kappa shape index (κ2) is 9.81. The van der Waals surface area contributed by atoms with E-state index in [-0.39, 0.29) is 18.5 Å². The molecule has 9 nitrogen and oxygen atoms in total. The van der Waals surface area contributed by atoms with Crippen LogP contribution in [-0.2, 0) is 19.1 Å². The van der Waals surface area contributed by atoms with Crippen molar-refractivity contribution in [1.29, 1.82) is 0 Å². The van der Waals surface area contributed by atoms with Gasteiger partial charge in [0.05, 0.1) is 11.3 Å². The number of benzene rings is 2. The zero-order chi connectivity index (χ0) is 20.5. The highest BCUT2D eigenvalue weighted by atomic mass is 16.6. The minimum Gasteiger partial charge on any atom is -0.456 e. The molecule has 0 fully saturated rings. The van der Waals surface area contributed by atoms with E-state index in [9.17, 15) is 24.5 Å². The molecule has 0 spiro atoms. The van der Waals surface area contributed by atoms with E-state index in [0.29, 0.717) is 11.4 Å². The van der Waals surface area contributed by atoms with Crippen molar-refractivity contribution >= 4 is 34.8 Å². The maximum atomic E-state index is 11.8. The molecule has 9 heteroatoms. The summed E-state index contributed by atoms with van der Waals surface area (Å²) in [5.74, 6) is -1.61. The highest BCUT2D eigenvalue weighted by Crippen LogP contribution is 2.15. The molecule has 2 N–H and O–H groups in total. The van der Waals surface area contributed by atoms with Gasteiger partial charge in [-0.1, -0.05) is 17.7 Å². The smallest absolute Gasteiger partial charge is 0.306 e. The summed E-state index contributed by atoms with van der Waals surface area (Å²) in [7, 11) is 0. The van der Waals surface area contributed by atoms with Gasteiger partial charge in [-0.2, -0.15) is 0 Å². The molecule has 2 amide bonds. The van der Waals surface area contributed by atoms with Gasteiger partial charge >= 0.3 is 5.97 Å². The molecule has 0 saturated carbocycles. The number of carbonyl (C=O) groups is 3. The van der Waals surface area contributed by atoms with Crippen LogP contribution in [0.1, 0.15) is 18.4 Å². The number of hydrogen-bond acceptors (Lipinski definition) is 6. The van der Waals surface area contributed by atoms with E-state index in [1.54, 1.807) is 12.1 Å². The fraction of sp³-hybridized carbons (Fsp3) is 0.211. The van der Waals surface area contributed by atoms with Crippen LogP contribution in [0.25, 0.3) is 0 Å². The van der Waals surface area contributed by atoms with Crippen LogP contribution in [-0.4, -0.2) is 29.3 Å². The number of hydrogen-bond donors (Lipinski definition) is 2. The molecule has 0 aliphatic heterocycles. The normalized spacial score (nSPS) is 10.0. The lowest BCUT2D eigenvalue weighted by Gasteiger charge is -2.07. The molecular formula is C19H19N3O6. The molecule has 0 atom stereocenters. The number of rotatable bonds is 8. The third-order valence-corrected chi connectivity index (χ3v) is 3.62. The third-order valence-electron chi connectivity index (χ3n) is 3.62. The first-order valence-corrected chi connectivity index (χ1v) is 8.40. The first-order chi connectivity index (χ1) is 13.3. The second-order valence-electron chi connectivity index (χ2n) is 5.93. The van der Waals surface area contributed by atoms with Crippen LogP contribution >= 0.6 is 0 Å². The number of anilines is 2. The molecule has 0 aliphatic rings. The first kappa shape index (κ1) is 20.6. The van der Waals surface area contributed by atoms with Gasteiger partial charge in [-0.15, -0.1) is 0 Å². The lowest BCUT2D eigenvalue weighted by Crippen LogP contribution is -2.21. The van der Waals surface area contributed by atoms with Crippen LogP contribution in [0.4, 0.5) is 17.1 Å². The monoisotopic (exact) mass is 385 g/mol. The maximum absolute atomic E-state index is 11.8. The van der Waals surface area contributed by atoms with Crippen molar-refractivity contribution in [3.05, 3.63) is 64.2 Å². The van der Waals surface area contributed by atoms with Crippen molar-refractivity contribution in [3.8, 4) is 0 Å². The van der Waals surface area contributed by atoms with Crippen LogP contribution in [0.5, 0.6) is 0 Å². The molecule has 0 radical (unpaired) electrons. The Labute approximate surface area is 160 Å². The summed E-state index contributed by atoms with van der Waals surface area (Å²) in [5, 5.41) is 15.7. The standard InChI is InChI=1S/C19H19N3O6/c1-13-2-4-14(5-3-13)21-18(24)12-28-19(25)11-10-17(23)20-15-6-8-16(9-7-15)22(26)27/h2-9H,10-12H2,1H3,(H,20,23)(H,21,24). The quantitative estimate of drug-likeness (QED) is 0.408. The number of amides is 2. The van der Waals surface area contributed by atoms with Crippen molar-refractivity contribution in [2.24, 2.45) is 0 Å². The number of nitrogens with one attached hydrogen (secondary N) is 2. The average Bonchev–Trinajstić information content (AvgIpc) is 2.67. The van der Waals surface area contributed by atoms with Crippen molar-refractivity contribution in [2.75, 3.05) is 17.2 Å². The van der Waals surface area contributed by atoms with E-state index >= 15 is 0 Å². The number of nitro benzene ring substituents is 1. The van der Waals surface area contributed by atoms with Gasteiger partial charge in [0.2, 0.25) is 5.91 Å². The van der Waals surface area contributed by atoms with Gasteiger partial charge in [-0.3, -0.25) is 24.5 Å². The van der Waals surface area contributed by atoms with Gasteiger partial charge in [0.15, 0.2) is 6.61 Å². The Kier molecular flexibility index (Phi) is 7.21. The summed E-state index contributed by atoms with van der Waals surface area (Å²) in [5.41, 5.74) is 1.93. The molecule has 0 aromatic heterocycles. The largest absolute Gasteiger partial charge is 0.456 e. The van der Waals surface area contributed by atoms with E-state index < -0.39 is 29.3 Å². The van der Waals surface area contributed by atoms with E-state index in [2.05, 4.69) is 10.6 Å². The summed E-state index contributed by atoms with van der Waals surface area (Å²) >= 11 is 0. The summed E-state index contributed by atoms with van der Waals surface area (Å²) in [6.07, 6.45) is -0.341. The number of ether oxygens (including phenoxy) is 1. The molecule has 28 heavy (non-hydrogen) atoms. The zero-order valence-corrected chi connectivity index (χ0v) is 15.1. The molecule has 0 heterocycles. The Bertz CT molecular complexity index is 862. The summed E-state index contributed by atoms with van der Waals surface area (Å²) in [4.78, 5) is 45.2. The fourth-order valence-corrected chi connectivity index (χ4v) is 2.16. The summed E-state index contributed by atoms with van der Waals surface area (Å²) < 4.78 is 4.84. The number of nitrogens with zero attached hydrogens (tertiary/aromatic N) is 1. The van der Waals surface area contributed by atoms with Crippen molar-refractivity contribution in [1.82, 2.24) is 0 Å². The Morgan fingerprint density at radius 2 is 1.43 bits per heavy atom. The number of aryl methyl sites for hydroxylation is 1. The summed E-state index contributed by atoms with van der Waals surface area (Å²) in [6, 6.07) is 12.5. The molecule has 0 bridgehead atoms. The number of nitro groups is 1. The van der Waals surface area contributed by atoms with Crippen LogP contribution in [0, 0.1) is 17.0 Å². The Morgan fingerprint density at radius 3 is 2.00 bits per heavy atom. The number of non-ortho nitro benzene ring substituents is 1. The van der Waals surface area contributed by atoms with Crippen LogP contribution in [0.2, 0.25) is 0 Å². The number of carbonyl (C=O) groups excluding carboxylic acids is 3.